The lowest BCUT2D eigenvalue weighted by molar-refractivity contribution is -0.114. The maximum Gasteiger partial charge on any atom is 0.272 e. The number of hydrogen-bond acceptors (Lipinski definition) is 8. The van der Waals surface area contributed by atoms with Gasteiger partial charge in [-0.05, 0) is 71.7 Å². The van der Waals surface area contributed by atoms with E-state index in [2.05, 4.69) is 39.1 Å². The maximum absolute atomic E-state index is 13.6. The van der Waals surface area contributed by atoms with Crippen LogP contribution in [0.15, 0.2) is 120 Å². The van der Waals surface area contributed by atoms with E-state index in [-0.39, 0.29) is 17.4 Å². The summed E-state index contributed by atoms with van der Waals surface area (Å²) in [6.45, 7) is 2.43. The van der Waals surface area contributed by atoms with E-state index in [1.807, 2.05) is 73.6 Å². The molecule has 0 bridgehead atoms. The molecule has 0 unspecified atom stereocenters. The molecule has 3 amide bonds. The van der Waals surface area contributed by atoms with E-state index in [0.29, 0.717) is 21.8 Å². The van der Waals surface area contributed by atoms with Gasteiger partial charge in [-0.3, -0.25) is 19.3 Å². The normalized spacial score (nSPS) is 12.7. The third kappa shape index (κ3) is 9.35. The Balaban J connectivity index is 1.09. The van der Waals surface area contributed by atoms with Crippen LogP contribution in [-0.4, -0.2) is 49.0 Å². The Morgan fingerprint density at radius 2 is 1.65 bits per heavy atom. The number of hydrogen-bond donors (Lipinski definition) is 3. The smallest absolute Gasteiger partial charge is 0.272 e. The number of nitrogens with zero attached hydrogens (tertiary/aromatic N) is 3. The van der Waals surface area contributed by atoms with Gasteiger partial charge in [0.1, 0.15) is 16.8 Å². The van der Waals surface area contributed by atoms with Gasteiger partial charge >= 0.3 is 0 Å². The highest BCUT2D eigenvalue weighted by Crippen LogP contribution is 2.37. The molecule has 4 aromatic carbocycles. The van der Waals surface area contributed by atoms with Crippen LogP contribution in [0, 0.1) is 11.3 Å². The topological polar surface area (TPSA) is 118 Å². The fourth-order valence-corrected chi connectivity index (χ4v) is 7.80. The molecule has 1 aromatic heterocycles. The van der Waals surface area contributed by atoms with Crippen molar-refractivity contribution < 1.29 is 14.4 Å². The van der Waals surface area contributed by atoms with E-state index >= 15 is 0 Å². The largest absolute Gasteiger partial charge is 0.378 e. The first-order valence-corrected chi connectivity index (χ1v) is 18.6. The van der Waals surface area contributed by atoms with Crippen molar-refractivity contribution in [3.8, 4) is 6.07 Å². The molecule has 0 radical (unpaired) electrons. The molecule has 6 rings (SSSR count). The third-order valence-corrected chi connectivity index (χ3v) is 10.6. The number of nitrogens with one attached hydrogen (secondary N) is 3. The van der Waals surface area contributed by atoms with Crippen LogP contribution in [0.25, 0.3) is 6.08 Å². The molecular weight excluding hydrogens is 689 g/mol. The van der Waals surface area contributed by atoms with Crippen LogP contribution in [-0.2, 0) is 29.1 Å². The summed E-state index contributed by atoms with van der Waals surface area (Å²) in [7, 11) is 3.90. The minimum absolute atomic E-state index is 0.0824. The molecule has 0 saturated carbocycles. The first kappa shape index (κ1) is 36.1. The molecule has 52 heavy (non-hydrogen) atoms. The summed E-state index contributed by atoms with van der Waals surface area (Å²) < 4.78 is 0. The van der Waals surface area contributed by atoms with Crippen LogP contribution >= 0.6 is 23.1 Å². The van der Waals surface area contributed by atoms with Gasteiger partial charge in [-0.1, -0.05) is 66.7 Å². The molecule has 262 valence electrons. The summed E-state index contributed by atoms with van der Waals surface area (Å²) >= 11 is 2.80. The molecule has 0 aliphatic carbocycles. The van der Waals surface area contributed by atoms with Gasteiger partial charge in [0.15, 0.2) is 0 Å². The van der Waals surface area contributed by atoms with Gasteiger partial charge in [0.2, 0.25) is 5.91 Å². The highest BCUT2D eigenvalue weighted by atomic mass is 32.2. The quantitative estimate of drug-likeness (QED) is 0.0907. The van der Waals surface area contributed by atoms with Gasteiger partial charge in [0.05, 0.1) is 11.3 Å². The highest BCUT2D eigenvalue weighted by Gasteiger charge is 2.25. The van der Waals surface area contributed by atoms with Gasteiger partial charge in [0, 0.05) is 60.4 Å². The van der Waals surface area contributed by atoms with E-state index in [4.69, 9.17) is 0 Å². The number of rotatable bonds is 12. The van der Waals surface area contributed by atoms with Gasteiger partial charge in [-0.25, -0.2) is 0 Å². The lowest BCUT2D eigenvalue weighted by Gasteiger charge is -2.26. The van der Waals surface area contributed by atoms with Crippen molar-refractivity contribution >= 4 is 63.3 Å². The SMILES string of the molecule is CN(C)c1ccc(/C=C(/NC(=O)c2ccccc2)C(=O)Nc2cccc(SCC(=O)Nc3sc4c(c3C#N)CCN(Cc3ccccc3)C4)c2)cc1. The van der Waals surface area contributed by atoms with Crippen LogP contribution in [0.5, 0.6) is 0 Å². The van der Waals surface area contributed by atoms with Gasteiger partial charge < -0.3 is 20.9 Å². The van der Waals surface area contributed by atoms with Crippen molar-refractivity contribution in [2.45, 2.75) is 24.4 Å². The first-order valence-electron chi connectivity index (χ1n) is 16.8. The van der Waals surface area contributed by atoms with E-state index in [9.17, 15) is 19.6 Å². The number of benzene rings is 4. The van der Waals surface area contributed by atoms with E-state index in [0.717, 1.165) is 52.6 Å². The number of carbonyl (C=O) groups excluding carboxylic acids is 3. The van der Waals surface area contributed by atoms with Crippen LogP contribution in [0.1, 0.15) is 37.5 Å². The van der Waals surface area contributed by atoms with E-state index < -0.39 is 11.8 Å². The van der Waals surface area contributed by atoms with Crippen LogP contribution in [0.3, 0.4) is 0 Å². The zero-order valence-corrected chi connectivity index (χ0v) is 30.5. The van der Waals surface area contributed by atoms with E-state index in [1.165, 1.54) is 28.7 Å². The molecule has 0 saturated heterocycles. The van der Waals surface area contributed by atoms with Gasteiger partial charge in [-0.2, -0.15) is 5.26 Å². The van der Waals surface area contributed by atoms with Crippen molar-refractivity contribution in [2.75, 3.05) is 41.9 Å². The third-order valence-electron chi connectivity index (χ3n) is 8.46. The van der Waals surface area contributed by atoms with Crippen molar-refractivity contribution in [1.82, 2.24) is 10.2 Å². The van der Waals surface area contributed by atoms with Gasteiger partial charge in [-0.15, -0.1) is 23.1 Å². The predicted octanol–water partition coefficient (Wildman–Crippen LogP) is 7.38. The Bertz CT molecular complexity index is 2120. The Morgan fingerprint density at radius 1 is 0.923 bits per heavy atom. The summed E-state index contributed by atoms with van der Waals surface area (Å²) in [5, 5.41) is 19.2. The standard InChI is InChI=1S/C41H38N6O3S2/c1-46(2)32-18-16-28(17-19-32)22-36(44-39(49)30-12-7-4-8-13-30)40(50)43-31-14-9-15-33(23-31)51-27-38(48)45-41-35(24-42)34-20-21-47(26-37(34)52-41)25-29-10-5-3-6-11-29/h3-19,22-23H,20-21,25-27H2,1-2H3,(H,43,50)(H,44,49)(H,45,48)/b36-22+. The summed E-state index contributed by atoms with van der Waals surface area (Å²) in [5.74, 6) is -0.997. The molecule has 9 nitrogen and oxygen atoms in total. The molecule has 1 aliphatic rings. The molecular formula is C41H38N6O3S2. The summed E-state index contributed by atoms with van der Waals surface area (Å²) in [5.41, 5.74) is 5.60. The second kappa shape index (κ2) is 17.0. The molecule has 0 atom stereocenters. The average molecular weight is 727 g/mol. The van der Waals surface area contributed by atoms with Crippen molar-refractivity contribution in [2.24, 2.45) is 0 Å². The average Bonchev–Trinajstić information content (AvgIpc) is 3.50. The van der Waals surface area contributed by atoms with Crippen LogP contribution in [0.4, 0.5) is 16.4 Å². The van der Waals surface area contributed by atoms with E-state index in [1.54, 1.807) is 48.5 Å². The second-order valence-electron chi connectivity index (χ2n) is 12.4. The Labute approximate surface area is 312 Å². The predicted molar refractivity (Wildman–Crippen MR) is 210 cm³/mol. The minimum atomic E-state index is -0.492. The van der Waals surface area contributed by atoms with Crippen LogP contribution < -0.4 is 20.9 Å². The lowest BCUT2D eigenvalue weighted by Crippen LogP contribution is -2.30. The fraction of sp³-hybridized carbons (Fsp3) is 0.171. The Morgan fingerprint density at radius 3 is 2.37 bits per heavy atom. The number of amides is 3. The molecule has 1 aliphatic heterocycles. The number of thioether (sulfide) groups is 1. The van der Waals surface area contributed by atoms with Crippen molar-refractivity contribution in [3.05, 3.63) is 148 Å². The van der Waals surface area contributed by atoms with Crippen molar-refractivity contribution in [1.29, 1.82) is 5.26 Å². The molecule has 11 heteroatoms. The Kier molecular flexibility index (Phi) is 11.8. The highest BCUT2D eigenvalue weighted by molar-refractivity contribution is 8.00. The number of fused-ring (bicyclic) bond motifs is 1. The molecule has 5 aromatic rings. The number of thiophene rings is 1. The number of carbonyl (C=O) groups is 3. The molecule has 3 N–H and O–H groups in total. The fourth-order valence-electron chi connectivity index (χ4n) is 5.79. The summed E-state index contributed by atoms with van der Waals surface area (Å²) in [4.78, 5) is 46.0. The first-order chi connectivity index (χ1) is 25.2. The van der Waals surface area contributed by atoms with Crippen LogP contribution in [0.2, 0.25) is 0 Å². The van der Waals surface area contributed by atoms with Crippen molar-refractivity contribution in [3.63, 3.8) is 0 Å². The lowest BCUT2D eigenvalue weighted by atomic mass is 10.0. The zero-order chi connectivity index (χ0) is 36.5. The Hall–Kier alpha value is -5.67. The zero-order valence-electron chi connectivity index (χ0n) is 28.9. The minimum Gasteiger partial charge on any atom is -0.378 e. The summed E-state index contributed by atoms with van der Waals surface area (Å²) in [6, 6.07) is 36.2. The summed E-state index contributed by atoms with van der Waals surface area (Å²) in [6.07, 6.45) is 2.40. The molecule has 0 fully saturated rings. The monoisotopic (exact) mass is 726 g/mol. The molecule has 0 spiro atoms. The van der Waals surface area contributed by atoms with Gasteiger partial charge in [0.25, 0.3) is 11.8 Å². The second-order valence-corrected chi connectivity index (χ2v) is 14.6. The maximum atomic E-state index is 13.6. The number of anilines is 3. The number of nitriles is 1. The molecule has 2 heterocycles.